The number of benzene rings is 4. The summed E-state index contributed by atoms with van der Waals surface area (Å²) in [6.45, 7) is 0. The summed E-state index contributed by atoms with van der Waals surface area (Å²) < 4.78 is 2.27. The number of nitrogens with zero attached hydrogens (tertiary/aromatic N) is 2. The van der Waals surface area contributed by atoms with Gasteiger partial charge in [0.15, 0.2) is 0 Å². The molecule has 0 amide bonds. The maximum absolute atomic E-state index is 5.01. The molecule has 0 atom stereocenters. The lowest BCUT2D eigenvalue weighted by molar-refractivity contribution is 1.10. The van der Waals surface area contributed by atoms with Crippen LogP contribution in [0.3, 0.4) is 0 Å². The van der Waals surface area contributed by atoms with Crippen LogP contribution >= 0.6 is 0 Å². The quantitative estimate of drug-likeness (QED) is 0.372. The summed E-state index contributed by atoms with van der Waals surface area (Å²) >= 11 is 0. The van der Waals surface area contributed by atoms with Crippen molar-refractivity contribution in [2.75, 3.05) is 0 Å². The number of hydrogen-bond donors (Lipinski definition) is 0. The van der Waals surface area contributed by atoms with Gasteiger partial charge in [0.1, 0.15) is 5.82 Å². The SMILES string of the molecule is c1ccc(-c2cccc3nc(-c4ccccc4)n(-c4ccccc4)c23)cc1. The summed E-state index contributed by atoms with van der Waals surface area (Å²) in [6, 6.07) is 37.7. The average Bonchev–Trinajstić information content (AvgIpc) is 3.15. The molecule has 0 N–H and O–H groups in total. The molecule has 0 aliphatic rings. The summed E-state index contributed by atoms with van der Waals surface area (Å²) in [5.41, 5.74) is 6.73. The first-order chi connectivity index (χ1) is 13.4. The maximum Gasteiger partial charge on any atom is 0.145 e. The molecule has 0 saturated carbocycles. The smallest absolute Gasteiger partial charge is 0.145 e. The molecule has 1 heterocycles. The zero-order chi connectivity index (χ0) is 18.1. The van der Waals surface area contributed by atoms with Crippen molar-refractivity contribution in [3.63, 3.8) is 0 Å². The highest BCUT2D eigenvalue weighted by Crippen LogP contribution is 2.34. The van der Waals surface area contributed by atoms with Crippen LogP contribution in [0, 0.1) is 0 Å². The summed E-state index contributed by atoms with van der Waals surface area (Å²) in [6.07, 6.45) is 0. The molecule has 5 rings (SSSR count). The highest BCUT2D eigenvalue weighted by molar-refractivity contribution is 5.96. The van der Waals surface area contributed by atoms with Gasteiger partial charge in [-0.2, -0.15) is 0 Å². The molecule has 0 aliphatic heterocycles. The zero-order valence-corrected chi connectivity index (χ0v) is 14.8. The molecular weight excluding hydrogens is 328 g/mol. The van der Waals surface area contributed by atoms with E-state index in [9.17, 15) is 0 Å². The first kappa shape index (κ1) is 15.6. The molecule has 4 aromatic carbocycles. The Hall–Kier alpha value is -3.65. The van der Waals surface area contributed by atoms with Gasteiger partial charge in [-0.15, -0.1) is 0 Å². The third kappa shape index (κ3) is 2.72. The van der Waals surface area contributed by atoms with E-state index in [1.165, 1.54) is 11.1 Å². The van der Waals surface area contributed by atoms with Crippen molar-refractivity contribution in [1.82, 2.24) is 9.55 Å². The Kier molecular flexibility index (Phi) is 3.80. The Balaban J connectivity index is 1.90. The minimum atomic E-state index is 0.959. The van der Waals surface area contributed by atoms with Crippen LogP contribution in [0.4, 0.5) is 0 Å². The van der Waals surface area contributed by atoms with Crippen LogP contribution in [0.15, 0.2) is 109 Å². The molecule has 0 spiro atoms. The lowest BCUT2D eigenvalue weighted by Crippen LogP contribution is -1.98. The minimum Gasteiger partial charge on any atom is -0.292 e. The normalized spacial score (nSPS) is 11.0. The van der Waals surface area contributed by atoms with Crippen molar-refractivity contribution < 1.29 is 0 Å². The molecule has 1 aromatic heterocycles. The van der Waals surface area contributed by atoms with Gasteiger partial charge < -0.3 is 0 Å². The predicted octanol–water partition coefficient (Wildman–Crippen LogP) is 6.36. The van der Waals surface area contributed by atoms with Crippen LogP contribution in [0.25, 0.3) is 39.2 Å². The van der Waals surface area contributed by atoms with Crippen molar-refractivity contribution in [1.29, 1.82) is 0 Å². The molecule has 2 heteroatoms. The lowest BCUT2D eigenvalue weighted by atomic mass is 10.0. The van der Waals surface area contributed by atoms with Crippen molar-refractivity contribution in [2.45, 2.75) is 0 Å². The summed E-state index contributed by atoms with van der Waals surface area (Å²) in [5, 5.41) is 0. The van der Waals surface area contributed by atoms with Gasteiger partial charge in [-0.05, 0) is 23.8 Å². The van der Waals surface area contributed by atoms with Gasteiger partial charge in [-0.25, -0.2) is 4.98 Å². The monoisotopic (exact) mass is 346 g/mol. The fraction of sp³-hybridized carbons (Fsp3) is 0. The van der Waals surface area contributed by atoms with E-state index in [0.717, 1.165) is 28.1 Å². The average molecular weight is 346 g/mol. The first-order valence-corrected chi connectivity index (χ1v) is 9.09. The molecule has 0 saturated heterocycles. The summed E-state index contributed by atoms with van der Waals surface area (Å²) in [4.78, 5) is 5.01. The van der Waals surface area contributed by atoms with Crippen LogP contribution in [0.2, 0.25) is 0 Å². The third-order valence-electron chi connectivity index (χ3n) is 4.81. The number of rotatable bonds is 3. The van der Waals surface area contributed by atoms with Crippen molar-refractivity contribution in [3.8, 4) is 28.2 Å². The van der Waals surface area contributed by atoms with Gasteiger partial charge in [0.05, 0.1) is 11.0 Å². The van der Waals surface area contributed by atoms with Crippen LogP contribution in [0.5, 0.6) is 0 Å². The van der Waals surface area contributed by atoms with Crippen LogP contribution in [0.1, 0.15) is 0 Å². The fourth-order valence-electron chi connectivity index (χ4n) is 3.59. The minimum absolute atomic E-state index is 0.959. The van der Waals surface area contributed by atoms with Gasteiger partial charge in [-0.3, -0.25) is 4.57 Å². The summed E-state index contributed by atoms with van der Waals surface area (Å²) in [7, 11) is 0. The van der Waals surface area contributed by atoms with E-state index >= 15 is 0 Å². The molecule has 5 aromatic rings. The topological polar surface area (TPSA) is 17.8 Å². The lowest BCUT2D eigenvalue weighted by Gasteiger charge is -2.12. The Bertz CT molecular complexity index is 1190. The number of imidazole rings is 1. The Morgan fingerprint density at radius 3 is 1.78 bits per heavy atom. The number of hydrogen-bond acceptors (Lipinski definition) is 1. The molecule has 0 bridgehead atoms. The van der Waals surface area contributed by atoms with E-state index < -0.39 is 0 Å². The van der Waals surface area contributed by atoms with Gasteiger partial charge in [0.25, 0.3) is 0 Å². The molecule has 2 nitrogen and oxygen atoms in total. The largest absolute Gasteiger partial charge is 0.292 e. The molecule has 128 valence electrons. The van der Waals surface area contributed by atoms with Gasteiger partial charge in [0.2, 0.25) is 0 Å². The predicted molar refractivity (Wildman–Crippen MR) is 112 cm³/mol. The van der Waals surface area contributed by atoms with Crippen molar-refractivity contribution >= 4 is 11.0 Å². The second kappa shape index (κ2) is 6.58. The highest BCUT2D eigenvalue weighted by atomic mass is 15.1. The number of fused-ring (bicyclic) bond motifs is 1. The van der Waals surface area contributed by atoms with Crippen molar-refractivity contribution in [3.05, 3.63) is 109 Å². The first-order valence-electron chi connectivity index (χ1n) is 9.09. The van der Waals surface area contributed by atoms with Crippen LogP contribution in [-0.4, -0.2) is 9.55 Å². The van der Waals surface area contributed by atoms with Crippen LogP contribution < -0.4 is 0 Å². The molecule has 27 heavy (non-hydrogen) atoms. The molecular formula is C25H18N2. The van der Waals surface area contributed by atoms with E-state index in [4.69, 9.17) is 4.98 Å². The van der Waals surface area contributed by atoms with Gasteiger partial charge >= 0.3 is 0 Å². The molecule has 0 unspecified atom stereocenters. The second-order valence-corrected chi connectivity index (χ2v) is 6.51. The Morgan fingerprint density at radius 1 is 0.519 bits per heavy atom. The number of aromatic nitrogens is 2. The molecule has 0 radical (unpaired) electrons. The van der Waals surface area contributed by atoms with E-state index in [1.807, 2.05) is 18.2 Å². The highest BCUT2D eigenvalue weighted by Gasteiger charge is 2.17. The Morgan fingerprint density at radius 2 is 1.11 bits per heavy atom. The Labute approximate surface area is 158 Å². The maximum atomic E-state index is 5.01. The fourth-order valence-corrected chi connectivity index (χ4v) is 3.59. The standard InChI is InChI=1S/C25H18N2/c1-4-11-19(12-5-1)22-17-10-18-23-24(22)27(21-15-8-3-9-16-21)25(26-23)20-13-6-2-7-14-20/h1-18H. The molecule has 0 fully saturated rings. The van der Waals surface area contributed by atoms with E-state index in [2.05, 4.69) is 95.6 Å². The third-order valence-corrected chi connectivity index (χ3v) is 4.81. The van der Waals surface area contributed by atoms with Crippen molar-refractivity contribution in [2.24, 2.45) is 0 Å². The zero-order valence-electron chi connectivity index (χ0n) is 14.8. The second-order valence-electron chi connectivity index (χ2n) is 6.51. The molecule has 0 aliphatic carbocycles. The van der Waals surface area contributed by atoms with Gasteiger partial charge in [-0.1, -0.05) is 91.0 Å². The van der Waals surface area contributed by atoms with Crippen LogP contribution in [-0.2, 0) is 0 Å². The van der Waals surface area contributed by atoms with E-state index in [0.29, 0.717) is 0 Å². The van der Waals surface area contributed by atoms with Gasteiger partial charge in [0, 0.05) is 16.8 Å². The van der Waals surface area contributed by atoms with E-state index in [-0.39, 0.29) is 0 Å². The summed E-state index contributed by atoms with van der Waals surface area (Å²) in [5.74, 6) is 0.959. The number of para-hydroxylation sites is 2. The van der Waals surface area contributed by atoms with E-state index in [1.54, 1.807) is 0 Å².